The smallest absolute Gasteiger partial charge is 0.258 e. The number of nitrogens with zero attached hydrogens (tertiary/aromatic N) is 2. The molecular weight excluding hydrogens is 609 g/mol. The highest BCUT2D eigenvalue weighted by Crippen LogP contribution is 2.24. The van der Waals surface area contributed by atoms with Crippen LogP contribution in [0.15, 0.2) is 72.8 Å². The van der Waals surface area contributed by atoms with E-state index in [1.165, 1.54) is 24.3 Å². The van der Waals surface area contributed by atoms with Crippen LogP contribution in [-0.2, 0) is 23.3 Å². The number of amides is 6. The Labute approximate surface area is 264 Å². The predicted octanol–water partition coefficient (Wildman–Crippen LogP) is 3.91. The van der Waals surface area contributed by atoms with Crippen LogP contribution < -0.4 is 20.4 Å². The normalized spacial score (nSPS) is 14.9. The summed E-state index contributed by atoms with van der Waals surface area (Å²) >= 11 is 0. The summed E-state index contributed by atoms with van der Waals surface area (Å²) in [5.41, 5.74) is 1.74. The van der Waals surface area contributed by atoms with E-state index in [2.05, 4.69) is 36.8 Å². The van der Waals surface area contributed by atoms with Crippen molar-refractivity contribution in [1.82, 2.24) is 10.6 Å². The number of hydrogen-bond donors (Lipinski definition) is 2. The molecule has 0 saturated carbocycles. The van der Waals surface area contributed by atoms with Crippen molar-refractivity contribution >= 4 is 63.5 Å². The quantitative estimate of drug-likeness (QED) is 0.180. The first-order chi connectivity index (χ1) is 21.3. The van der Waals surface area contributed by atoms with E-state index in [1.54, 1.807) is 48.5 Å². The molecule has 11 nitrogen and oxygen atoms in total. The van der Waals surface area contributed by atoms with Gasteiger partial charge in [-0.05, 0) is 99.6 Å². The summed E-state index contributed by atoms with van der Waals surface area (Å²) in [5, 5.41) is 5.86. The van der Waals surface area contributed by atoms with Gasteiger partial charge in [-0.25, -0.2) is 9.80 Å². The molecule has 0 atom stereocenters. The molecule has 6 amide bonds. The number of benzene rings is 2. The van der Waals surface area contributed by atoms with Gasteiger partial charge >= 0.3 is 0 Å². The van der Waals surface area contributed by atoms with E-state index < -0.39 is 40.3 Å². The second-order valence-electron chi connectivity index (χ2n) is 12.1. The zero-order valence-corrected chi connectivity index (χ0v) is 27.9. The molecule has 0 fully saturated rings. The van der Waals surface area contributed by atoms with Crippen molar-refractivity contribution in [1.29, 1.82) is 0 Å². The molecular formula is C32H38N4O7Si2. The summed E-state index contributed by atoms with van der Waals surface area (Å²) in [7, 11) is -3.99. The first-order valence-corrected chi connectivity index (χ1v) is 21.1. The monoisotopic (exact) mass is 646 g/mol. The summed E-state index contributed by atoms with van der Waals surface area (Å²) in [6.07, 6.45) is 6.43. The molecule has 236 valence electrons. The highest BCUT2D eigenvalue weighted by Gasteiger charge is 2.32. The maximum atomic E-state index is 12.6. The maximum Gasteiger partial charge on any atom is 0.258 e. The molecule has 0 unspecified atom stereocenters. The molecule has 0 aromatic heterocycles. The lowest BCUT2D eigenvalue weighted by atomic mass is 10.2. The lowest BCUT2D eigenvalue weighted by molar-refractivity contribution is -0.121. The molecule has 13 heteroatoms. The molecule has 0 bridgehead atoms. The first kappa shape index (κ1) is 33.4. The fraction of sp³-hybridized carbons (Fsp3) is 0.312. The van der Waals surface area contributed by atoms with Crippen molar-refractivity contribution in [3.63, 3.8) is 0 Å². The highest BCUT2D eigenvalue weighted by atomic mass is 28.4. The van der Waals surface area contributed by atoms with Gasteiger partial charge in [-0.15, -0.1) is 0 Å². The summed E-state index contributed by atoms with van der Waals surface area (Å²) in [6, 6.07) is 14.5. The van der Waals surface area contributed by atoms with Crippen molar-refractivity contribution < 1.29 is 32.9 Å². The Morgan fingerprint density at radius 2 is 0.889 bits per heavy atom. The third kappa shape index (κ3) is 8.80. The number of carbonyl (C=O) groups excluding carboxylic acids is 6. The second kappa shape index (κ2) is 14.1. The van der Waals surface area contributed by atoms with Gasteiger partial charge in [0.05, 0.1) is 11.4 Å². The molecule has 2 aromatic rings. The Hall–Kier alpha value is -4.47. The SMILES string of the molecule is C[Si](C)(CCCNC(=O)c1ccc(N2C(=O)C=CC2=O)cc1)O[Si](C)(C)CCCNC(=O)c1ccc(N2C(=O)C=CC2=O)cc1. The van der Waals surface area contributed by atoms with E-state index in [4.69, 9.17) is 4.12 Å². The van der Waals surface area contributed by atoms with E-state index in [-0.39, 0.29) is 11.8 Å². The van der Waals surface area contributed by atoms with Gasteiger partial charge in [-0.3, -0.25) is 28.8 Å². The van der Waals surface area contributed by atoms with Gasteiger partial charge in [0.1, 0.15) is 0 Å². The number of rotatable bonds is 14. The molecule has 0 saturated heterocycles. The zero-order valence-electron chi connectivity index (χ0n) is 25.9. The fourth-order valence-corrected chi connectivity index (χ4v) is 14.2. The van der Waals surface area contributed by atoms with Gasteiger partial charge < -0.3 is 14.7 Å². The number of anilines is 2. The third-order valence-electron chi connectivity index (χ3n) is 7.43. The van der Waals surface area contributed by atoms with Gasteiger partial charge in [0.15, 0.2) is 16.6 Å². The first-order valence-electron chi connectivity index (χ1n) is 14.9. The van der Waals surface area contributed by atoms with Crippen molar-refractivity contribution in [2.24, 2.45) is 0 Å². The Kier molecular flexibility index (Phi) is 10.5. The van der Waals surface area contributed by atoms with Crippen molar-refractivity contribution in [2.75, 3.05) is 22.9 Å². The summed E-state index contributed by atoms with van der Waals surface area (Å²) in [4.78, 5) is 74.7. The van der Waals surface area contributed by atoms with Crippen molar-refractivity contribution in [2.45, 2.75) is 51.1 Å². The molecule has 4 rings (SSSR count). The molecule has 45 heavy (non-hydrogen) atoms. The molecule has 2 aromatic carbocycles. The van der Waals surface area contributed by atoms with Crippen LogP contribution in [0.2, 0.25) is 38.3 Å². The second-order valence-corrected chi connectivity index (χ2v) is 21.0. The van der Waals surface area contributed by atoms with Crippen molar-refractivity contribution in [3.05, 3.63) is 84.0 Å². The van der Waals surface area contributed by atoms with Gasteiger partial charge in [-0.1, -0.05) is 0 Å². The lowest BCUT2D eigenvalue weighted by Gasteiger charge is -2.34. The van der Waals surface area contributed by atoms with Gasteiger partial charge in [0.25, 0.3) is 35.4 Å². The highest BCUT2D eigenvalue weighted by molar-refractivity contribution is 6.84. The number of nitrogens with one attached hydrogen (secondary N) is 2. The van der Waals surface area contributed by atoms with E-state index in [0.29, 0.717) is 35.6 Å². The van der Waals surface area contributed by atoms with Crippen LogP contribution in [0, 0.1) is 0 Å². The Bertz CT molecular complexity index is 1400. The Morgan fingerprint density at radius 3 is 1.20 bits per heavy atom. The third-order valence-corrected chi connectivity index (χ3v) is 15.0. The molecule has 0 aliphatic carbocycles. The zero-order chi connectivity index (χ0) is 32.8. The van der Waals surface area contributed by atoms with E-state index in [0.717, 1.165) is 34.7 Å². The average Bonchev–Trinajstić information content (AvgIpc) is 3.51. The lowest BCUT2D eigenvalue weighted by Crippen LogP contribution is -2.45. The Morgan fingerprint density at radius 1 is 0.578 bits per heavy atom. The standard InChI is InChI=1S/C32H38N4O7Si2/c1-44(2,21-5-19-33-31(41)23-7-11-25(12-8-23)35-27(37)15-16-28(35)38)43-45(3,4)22-6-20-34-32(42)24-9-13-26(14-10-24)36-29(39)17-18-30(36)40/h7-18H,5-6,19-22H2,1-4H3,(H,33,41)(H,34,42). The molecule has 2 aliphatic heterocycles. The van der Waals surface area contributed by atoms with E-state index in [9.17, 15) is 28.8 Å². The van der Waals surface area contributed by atoms with Crippen LogP contribution in [0.1, 0.15) is 33.6 Å². The largest absolute Gasteiger partial charge is 0.455 e. The number of imide groups is 2. The van der Waals surface area contributed by atoms with E-state index in [1.807, 2.05) is 0 Å². The van der Waals surface area contributed by atoms with Crippen LogP contribution in [0.3, 0.4) is 0 Å². The van der Waals surface area contributed by atoms with Crippen LogP contribution in [-0.4, -0.2) is 65.2 Å². The number of carbonyl (C=O) groups is 6. The minimum absolute atomic E-state index is 0.221. The molecule has 2 aliphatic rings. The van der Waals surface area contributed by atoms with Crippen LogP contribution in [0.5, 0.6) is 0 Å². The van der Waals surface area contributed by atoms with Gasteiger partial charge in [-0.2, -0.15) is 0 Å². The van der Waals surface area contributed by atoms with Gasteiger partial charge in [0, 0.05) is 48.5 Å². The summed E-state index contributed by atoms with van der Waals surface area (Å²) in [6.45, 7) is 9.74. The van der Waals surface area contributed by atoms with Crippen LogP contribution >= 0.6 is 0 Å². The molecule has 2 N–H and O–H groups in total. The predicted molar refractivity (Wildman–Crippen MR) is 176 cm³/mol. The maximum absolute atomic E-state index is 12.6. The van der Waals surface area contributed by atoms with Crippen molar-refractivity contribution in [3.8, 4) is 0 Å². The summed E-state index contributed by atoms with van der Waals surface area (Å²) in [5.74, 6) is -2.06. The number of hydrogen-bond acceptors (Lipinski definition) is 7. The molecule has 0 spiro atoms. The minimum atomic E-state index is -2.00. The average molecular weight is 647 g/mol. The Balaban J connectivity index is 1.13. The minimum Gasteiger partial charge on any atom is -0.455 e. The molecule has 2 heterocycles. The topological polar surface area (TPSA) is 142 Å². The molecule has 0 radical (unpaired) electrons. The van der Waals surface area contributed by atoms with Gasteiger partial charge in [0.2, 0.25) is 0 Å². The fourth-order valence-electron chi connectivity index (χ4n) is 5.32. The van der Waals surface area contributed by atoms with E-state index >= 15 is 0 Å². The van der Waals surface area contributed by atoms with Crippen LogP contribution in [0.4, 0.5) is 11.4 Å². The van der Waals surface area contributed by atoms with Crippen LogP contribution in [0.25, 0.3) is 0 Å². The summed E-state index contributed by atoms with van der Waals surface area (Å²) < 4.78 is 6.69.